The third-order valence-corrected chi connectivity index (χ3v) is 5.97. The Kier molecular flexibility index (Phi) is 7.85. The number of carboxylic acids is 1. The minimum atomic E-state index is -1.37. The molecule has 0 saturated carbocycles. The molecule has 0 bridgehead atoms. The summed E-state index contributed by atoms with van der Waals surface area (Å²) >= 11 is 6.29. The van der Waals surface area contributed by atoms with Crippen LogP contribution in [-0.2, 0) is 11.3 Å². The minimum absolute atomic E-state index is 0.0651. The van der Waals surface area contributed by atoms with Gasteiger partial charge in [0.05, 0.1) is 10.6 Å². The average molecular weight is 519 g/mol. The summed E-state index contributed by atoms with van der Waals surface area (Å²) in [5.74, 6) is -2.74. The maximum atomic E-state index is 12.7. The van der Waals surface area contributed by atoms with Gasteiger partial charge in [-0.25, -0.2) is 4.79 Å². The van der Waals surface area contributed by atoms with Gasteiger partial charge < -0.3 is 26.0 Å². The maximum Gasteiger partial charge on any atom is 0.328 e. The summed E-state index contributed by atoms with van der Waals surface area (Å²) in [5, 5.41) is 18.2. The molecule has 0 spiro atoms. The normalized spacial score (nSPS) is 11.5. The Morgan fingerprint density at radius 1 is 0.838 bits per heavy atom. The van der Waals surface area contributed by atoms with Crippen molar-refractivity contribution in [3.63, 3.8) is 0 Å². The molecule has 0 radical (unpaired) electrons. The van der Waals surface area contributed by atoms with Crippen molar-refractivity contribution in [3.05, 3.63) is 106 Å². The number of carboxylic acid groups (broad SMARTS) is 1. The summed E-state index contributed by atoms with van der Waals surface area (Å²) in [7, 11) is 0. The van der Waals surface area contributed by atoms with Crippen LogP contribution in [0.1, 0.15) is 36.6 Å². The smallest absolute Gasteiger partial charge is 0.328 e. The van der Waals surface area contributed by atoms with Crippen molar-refractivity contribution >= 4 is 46.2 Å². The van der Waals surface area contributed by atoms with E-state index in [0.717, 1.165) is 10.9 Å². The third-order valence-electron chi connectivity index (χ3n) is 5.65. The number of hydrogen-bond acceptors (Lipinski definition) is 4. The zero-order valence-electron chi connectivity index (χ0n) is 19.5. The number of benzene rings is 3. The van der Waals surface area contributed by atoms with Gasteiger partial charge in [0.2, 0.25) is 0 Å². The van der Waals surface area contributed by atoms with Gasteiger partial charge in [-0.15, -0.1) is 0 Å². The summed E-state index contributed by atoms with van der Waals surface area (Å²) in [6.07, 6.45) is 1.80. The lowest BCUT2D eigenvalue weighted by molar-refractivity contribution is -0.139. The van der Waals surface area contributed by atoms with Crippen LogP contribution in [0.4, 0.5) is 0 Å². The van der Waals surface area contributed by atoms with Gasteiger partial charge in [-0.1, -0.05) is 35.9 Å². The number of hydrogen-bond donors (Lipinski definition) is 5. The summed E-state index contributed by atoms with van der Waals surface area (Å²) in [6, 6.07) is 18.7. The van der Waals surface area contributed by atoms with Crippen molar-refractivity contribution < 1.29 is 24.3 Å². The summed E-state index contributed by atoms with van der Waals surface area (Å²) in [4.78, 5) is 52.1. The van der Waals surface area contributed by atoms with Crippen LogP contribution in [0.25, 0.3) is 10.9 Å². The molecule has 5 N–H and O–H groups in total. The summed E-state index contributed by atoms with van der Waals surface area (Å²) in [5.41, 5.74) is 2.53. The highest BCUT2D eigenvalue weighted by molar-refractivity contribution is 6.34. The van der Waals surface area contributed by atoms with Crippen molar-refractivity contribution in [2.75, 3.05) is 6.54 Å². The second-order valence-corrected chi connectivity index (χ2v) is 8.62. The molecule has 188 valence electrons. The van der Waals surface area contributed by atoms with E-state index in [1.807, 2.05) is 12.1 Å². The van der Waals surface area contributed by atoms with Crippen molar-refractivity contribution in [2.45, 2.75) is 12.6 Å². The molecule has 0 aliphatic heterocycles. The predicted molar refractivity (Wildman–Crippen MR) is 139 cm³/mol. The van der Waals surface area contributed by atoms with E-state index in [-0.39, 0.29) is 29.6 Å². The Balaban J connectivity index is 1.34. The van der Waals surface area contributed by atoms with Crippen molar-refractivity contribution in [2.24, 2.45) is 0 Å². The quantitative estimate of drug-likeness (QED) is 0.231. The number of aliphatic carboxylic acids is 1. The summed E-state index contributed by atoms with van der Waals surface area (Å²) < 4.78 is 0. The number of rotatable bonds is 9. The van der Waals surface area contributed by atoms with Gasteiger partial charge in [-0.2, -0.15) is 0 Å². The van der Waals surface area contributed by atoms with Gasteiger partial charge >= 0.3 is 5.97 Å². The molecular formula is C27H23ClN4O5. The van der Waals surface area contributed by atoms with Crippen LogP contribution in [0.3, 0.4) is 0 Å². The van der Waals surface area contributed by atoms with Gasteiger partial charge in [0.25, 0.3) is 17.7 Å². The predicted octanol–water partition coefficient (Wildman–Crippen LogP) is 3.36. The van der Waals surface area contributed by atoms with E-state index < -0.39 is 23.8 Å². The number of nitrogens with one attached hydrogen (secondary N) is 4. The fourth-order valence-electron chi connectivity index (χ4n) is 3.65. The molecule has 10 heteroatoms. The highest BCUT2D eigenvalue weighted by Gasteiger charge is 2.23. The van der Waals surface area contributed by atoms with Crippen molar-refractivity contribution in [3.8, 4) is 0 Å². The molecule has 37 heavy (non-hydrogen) atoms. The van der Waals surface area contributed by atoms with Gasteiger partial charge in [0.15, 0.2) is 0 Å². The minimum Gasteiger partial charge on any atom is -0.480 e. The zero-order valence-corrected chi connectivity index (χ0v) is 20.2. The van der Waals surface area contributed by atoms with Crippen LogP contribution in [0.2, 0.25) is 5.02 Å². The number of halogens is 1. The number of aromatic amines is 1. The number of amides is 3. The second kappa shape index (κ2) is 11.4. The van der Waals surface area contributed by atoms with Crippen LogP contribution in [0.5, 0.6) is 0 Å². The topological polar surface area (TPSA) is 140 Å². The highest BCUT2D eigenvalue weighted by atomic mass is 35.5. The molecule has 4 aromatic rings. The maximum absolute atomic E-state index is 12.7. The first-order valence-electron chi connectivity index (χ1n) is 11.3. The first kappa shape index (κ1) is 25.5. The summed E-state index contributed by atoms with van der Waals surface area (Å²) in [6.45, 7) is -0.139. The van der Waals surface area contributed by atoms with Crippen LogP contribution in [0, 0.1) is 0 Å². The van der Waals surface area contributed by atoms with Gasteiger partial charge in [-0.05, 0) is 54.1 Å². The molecule has 0 unspecified atom stereocenters. The van der Waals surface area contributed by atoms with Gasteiger partial charge in [0, 0.05) is 41.3 Å². The van der Waals surface area contributed by atoms with Gasteiger partial charge in [0.1, 0.15) is 6.04 Å². The molecule has 3 aromatic carbocycles. The average Bonchev–Trinajstić information content (AvgIpc) is 3.37. The lowest BCUT2D eigenvalue weighted by atomic mass is 10.1. The first-order valence-corrected chi connectivity index (χ1v) is 11.7. The van der Waals surface area contributed by atoms with Crippen LogP contribution >= 0.6 is 11.6 Å². The SMILES string of the molecule is O=C(NCc1ccc(C(=O)N[C@@H](CNC(=O)c2ccccc2)C(=O)O)c(Cl)c1)c1ccc2[nH]ccc2c1. The molecule has 3 amide bonds. The fourth-order valence-corrected chi connectivity index (χ4v) is 3.94. The van der Waals surface area contributed by atoms with Gasteiger partial charge in [-0.3, -0.25) is 14.4 Å². The molecule has 1 heterocycles. The zero-order chi connectivity index (χ0) is 26.4. The lowest BCUT2D eigenvalue weighted by Gasteiger charge is -2.16. The van der Waals surface area contributed by atoms with E-state index >= 15 is 0 Å². The van der Waals surface area contributed by atoms with E-state index in [0.29, 0.717) is 16.7 Å². The van der Waals surface area contributed by atoms with E-state index in [2.05, 4.69) is 20.9 Å². The van der Waals surface area contributed by atoms with E-state index in [1.165, 1.54) is 12.1 Å². The molecule has 1 aromatic heterocycles. The Morgan fingerprint density at radius 3 is 2.32 bits per heavy atom. The van der Waals surface area contributed by atoms with Crippen LogP contribution in [0.15, 0.2) is 79.0 Å². The number of H-pyrrole nitrogens is 1. The number of aromatic nitrogens is 1. The fraction of sp³-hybridized carbons (Fsp3) is 0.111. The molecule has 0 fully saturated rings. The Hall–Kier alpha value is -4.63. The standard InChI is InChI=1S/C27H23ClN4O5/c28-21-12-16(14-30-25(34)19-7-9-22-18(13-19)10-11-29-22)6-8-20(21)26(35)32-23(27(36)37)15-31-24(33)17-4-2-1-3-5-17/h1-13,23,29H,14-15H2,(H,30,34)(H,31,33)(H,32,35)(H,36,37)/t23-/m0/s1. The van der Waals surface area contributed by atoms with Crippen molar-refractivity contribution in [1.29, 1.82) is 0 Å². The Labute approximate surface area is 216 Å². The lowest BCUT2D eigenvalue weighted by Crippen LogP contribution is -2.48. The monoisotopic (exact) mass is 518 g/mol. The van der Waals surface area contributed by atoms with Crippen LogP contribution < -0.4 is 16.0 Å². The molecular weight excluding hydrogens is 496 g/mol. The number of fused-ring (bicyclic) bond motifs is 1. The Morgan fingerprint density at radius 2 is 1.59 bits per heavy atom. The molecule has 0 aliphatic carbocycles. The molecule has 0 aliphatic rings. The molecule has 0 saturated heterocycles. The molecule has 4 rings (SSSR count). The van der Waals surface area contributed by atoms with E-state index in [4.69, 9.17) is 11.6 Å². The Bertz CT molecular complexity index is 1470. The first-order chi connectivity index (χ1) is 17.8. The van der Waals surface area contributed by atoms with E-state index in [1.54, 1.807) is 54.7 Å². The number of carbonyl (C=O) groups excluding carboxylic acids is 3. The second-order valence-electron chi connectivity index (χ2n) is 8.22. The molecule has 1 atom stereocenters. The van der Waals surface area contributed by atoms with Crippen molar-refractivity contribution in [1.82, 2.24) is 20.9 Å². The molecule has 9 nitrogen and oxygen atoms in total. The number of carbonyl (C=O) groups is 4. The van der Waals surface area contributed by atoms with Crippen LogP contribution in [-0.4, -0.2) is 46.4 Å². The third kappa shape index (κ3) is 6.33. The van der Waals surface area contributed by atoms with E-state index in [9.17, 15) is 24.3 Å². The highest BCUT2D eigenvalue weighted by Crippen LogP contribution is 2.19. The largest absolute Gasteiger partial charge is 0.480 e.